The normalized spacial score (nSPS) is 19.8. The van der Waals surface area contributed by atoms with Crippen LogP contribution in [-0.4, -0.2) is 47.4 Å². The van der Waals surface area contributed by atoms with Crippen LogP contribution in [0.1, 0.15) is 45.1 Å². The highest BCUT2D eigenvalue weighted by Crippen LogP contribution is 2.33. The Balaban J connectivity index is 1.91. The lowest BCUT2D eigenvalue weighted by atomic mass is 9.89. The van der Waals surface area contributed by atoms with Gasteiger partial charge in [0.1, 0.15) is 0 Å². The van der Waals surface area contributed by atoms with Gasteiger partial charge in [0.05, 0.1) is 5.92 Å². The Bertz CT molecular complexity index is 697. The zero-order chi connectivity index (χ0) is 20.2. The predicted molar refractivity (Wildman–Crippen MR) is 104 cm³/mol. The highest BCUT2D eigenvalue weighted by Gasteiger charge is 2.40. The molecule has 6 nitrogen and oxygen atoms in total. The Morgan fingerprint density at radius 3 is 2.37 bits per heavy atom. The number of hydrogen-bond acceptors (Lipinski definition) is 3. The van der Waals surface area contributed by atoms with E-state index in [1.165, 1.54) is 0 Å². The average molecular weight is 395 g/mol. The number of nitrogens with one attached hydrogen (secondary N) is 1. The summed E-state index contributed by atoms with van der Waals surface area (Å²) in [6.07, 6.45) is 0.810. The standard InChI is InChI=1S/C20H27ClN2O4/c1-20(2,3)19(27)22-10-4-5-17(24)23-11-15(16(12-23)18(25)26)13-6-8-14(21)9-7-13/h6-9,15-16H,4-5,10-12H2,1-3H3,(H,22,27)(H,25,26)/t15-,16+/m0/s1. The van der Waals surface area contributed by atoms with Gasteiger partial charge >= 0.3 is 5.97 Å². The first kappa shape index (κ1) is 21.2. The minimum Gasteiger partial charge on any atom is -0.481 e. The highest BCUT2D eigenvalue weighted by atomic mass is 35.5. The molecule has 1 heterocycles. The SMILES string of the molecule is CC(C)(C)C(=O)NCCCC(=O)N1C[C@@H](C(=O)O)[C@H](c2ccc(Cl)cc2)C1. The van der Waals surface area contributed by atoms with Gasteiger partial charge in [-0.15, -0.1) is 0 Å². The van der Waals surface area contributed by atoms with Crippen LogP contribution in [0, 0.1) is 11.3 Å². The molecule has 2 N–H and O–H groups in total. The lowest BCUT2D eigenvalue weighted by Gasteiger charge is -2.19. The van der Waals surface area contributed by atoms with Gasteiger partial charge in [0, 0.05) is 42.4 Å². The van der Waals surface area contributed by atoms with E-state index in [9.17, 15) is 19.5 Å². The summed E-state index contributed by atoms with van der Waals surface area (Å²) in [5.74, 6) is -1.91. The number of carbonyl (C=O) groups is 3. The molecule has 1 saturated heterocycles. The monoisotopic (exact) mass is 394 g/mol. The molecular weight excluding hydrogens is 368 g/mol. The fourth-order valence-electron chi connectivity index (χ4n) is 3.17. The summed E-state index contributed by atoms with van der Waals surface area (Å²) < 4.78 is 0. The van der Waals surface area contributed by atoms with Gasteiger partial charge in [0.15, 0.2) is 0 Å². The van der Waals surface area contributed by atoms with E-state index in [4.69, 9.17) is 11.6 Å². The molecule has 2 rings (SSSR count). The second-order valence-corrected chi connectivity index (χ2v) is 8.45. The lowest BCUT2D eigenvalue weighted by molar-refractivity contribution is -0.142. The Morgan fingerprint density at radius 1 is 1.19 bits per heavy atom. The number of halogens is 1. The van der Waals surface area contributed by atoms with Crippen molar-refractivity contribution < 1.29 is 19.5 Å². The van der Waals surface area contributed by atoms with Crippen molar-refractivity contribution in [2.75, 3.05) is 19.6 Å². The summed E-state index contributed by atoms with van der Waals surface area (Å²) in [5, 5.41) is 12.9. The zero-order valence-corrected chi connectivity index (χ0v) is 16.8. The first-order valence-electron chi connectivity index (χ1n) is 9.14. The van der Waals surface area contributed by atoms with Crippen molar-refractivity contribution in [2.24, 2.45) is 11.3 Å². The van der Waals surface area contributed by atoms with Gasteiger partial charge < -0.3 is 15.3 Å². The van der Waals surface area contributed by atoms with E-state index in [1.807, 2.05) is 32.9 Å². The molecule has 1 aliphatic heterocycles. The Kier molecular flexibility index (Phi) is 6.87. The van der Waals surface area contributed by atoms with Gasteiger partial charge in [0.25, 0.3) is 0 Å². The molecule has 1 aromatic rings. The fourth-order valence-corrected chi connectivity index (χ4v) is 3.30. The van der Waals surface area contributed by atoms with Gasteiger partial charge in [-0.25, -0.2) is 0 Å². The largest absolute Gasteiger partial charge is 0.481 e. The molecule has 0 aromatic heterocycles. The van der Waals surface area contributed by atoms with Gasteiger partial charge in [-0.3, -0.25) is 14.4 Å². The second-order valence-electron chi connectivity index (χ2n) is 8.01. The molecule has 0 aliphatic carbocycles. The molecule has 1 aliphatic rings. The first-order chi connectivity index (χ1) is 12.6. The van der Waals surface area contributed by atoms with E-state index in [2.05, 4.69) is 5.32 Å². The number of rotatable bonds is 6. The van der Waals surface area contributed by atoms with Crippen molar-refractivity contribution in [1.82, 2.24) is 10.2 Å². The van der Waals surface area contributed by atoms with Crippen LogP contribution in [0.5, 0.6) is 0 Å². The minimum absolute atomic E-state index is 0.0511. The second kappa shape index (κ2) is 8.74. The molecule has 1 aromatic carbocycles. The molecule has 7 heteroatoms. The van der Waals surface area contributed by atoms with Crippen molar-refractivity contribution >= 4 is 29.4 Å². The molecule has 148 valence electrons. The first-order valence-corrected chi connectivity index (χ1v) is 9.51. The van der Waals surface area contributed by atoms with Gasteiger partial charge in [-0.2, -0.15) is 0 Å². The summed E-state index contributed by atoms with van der Waals surface area (Å²) in [4.78, 5) is 37.6. The number of amides is 2. The summed E-state index contributed by atoms with van der Waals surface area (Å²) in [7, 11) is 0. The Morgan fingerprint density at radius 2 is 1.81 bits per heavy atom. The van der Waals surface area contributed by atoms with Crippen LogP contribution in [0.15, 0.2) is 24.3 Å². The van der Waals surface area contributed by atoms with Crippen molar-refractivity contribution in [2.45, 2.75) is 39.5 Å². The van der Waals surface area contributed by atoms with E-state index in [0.717, 1.165) is 5.56 Å². The molecule has 2 amide bonds. The summed E-state index contributed by atoms with van der Waals surface area (Å²) in [6, 6.07) is 7.11. The van der Waals surface area contributed by atoms with Crippen LogP contribution in [0.25, 0.3) is 0 Å². The Labute approximate surface area is 164 Å². The van der Waals surface area contributed by atoms with E-state index in [0.29, 0.717) is 24.5 Å². The van der Waals surface area contributed by atoms with Gasteiger partial charge in [0.2, 0.25) is 11.8 Å². The van der Waals surface area contributed by atoms with E-state index < -0.39 is 17.3 Å². The van der Waals surface area contributed by atoms with Crippen molar-refractivity contribution in [3.8, 4) is 0 Å². The number of benzene rings is 1. The molecule has 0 unspecified atom stereocenters. The highest BCUT2D eigenvalue weighted by molar-refractivity contribution is 6.30. The number of carbonyl (C=O) groups excluding carboxylic acids is 2. The third kappa shape index (κ3) is 5.70. The summed E-state index contributed by atoms with van der Waals surface area (Å²) in [5.41, 5.74) is 0.416. The maximum atomic E-state index is 12.5. The third-order valence-electron chi connectivity index (χ3n) is 4.82. The van der Waals surface area contributed by atoms with Crippen LogP contribution in [0.3, 0.4) is 0 Å². The molecule has 1 fully saturated rings. The summed E-state index contributed by atoms with van der Waals surface area (Å²) in [6.45, 7) is 6.52. The van der Waals surface area contributed by atoms with E-state index in [-0.39, 0.29) is 30.7 Å². The van der Waals surface area contributed by atoms with E-state index in [1.54, 1.807) is 17.0 Å². The van der Waals surface area contributed by atoms with Crippen molar-refractivity contribution in [3.63, 3.8) is 0 Å². The molecule has 27 heavy (non-hydrogen) atoms. The van der Waals surface area contributed by atoms with Gasteiger partial charge in [-0.1, -0.05) is 44.5 Å². The molecular formula is C20H27ClN2O4. The van der Waals surface area contributed by atoms with Crippen LogP contribution in [0.4, 0.5) is 0 Å². The number of carboxylic acid groups (broad SMARTS) is 1. The van der Waals surface area contributed by atoms with Crippen molar-refractivity contribution in [3.05, 3.63) is 34.9 Å². The maximum Gasteiger partial charge on any atom is 0.308 e. The number of likely N-dealkylation sites (tertiary alicyclic amines) is 1. The quantitative estimate of drug-likeness (QED) is 0.726. The molecule has 0 bridgehead atoms. The average Bonchev–Trinajstić information content (AvgIpc) is 3.04. The smallest absolute Gasteiger partial charge is 0.308 e. The Hall–Kier alpha value is -2.08. The molecule has 0 radical (unpaired) electrons. The number of carboxylic acids is 1. The van der Waals surface area contributed by atoms with Gasteiger partial charge in [-0.05, 0) is 24.1 Å². The lowest BCUT2D eigenvalue weighted by Crippen LogP contribution is -2.36. The topological polar surface area (TPSA) is 86.7 Å². The molecule has 0 saturated carbocycles. The fraction of sp³-hybridized carbons (Fsp3) is 0.550. The number of aliphatic carboxylic acids is 1. The van der Waals surface area contributed by atoms with Crippen LogP contribution >= 0.6 is 11.6 Å². The maximum absolute atomic E-state index is 12.5. The third-order valence-corrected chi connectivity index (χ3v) is 5.07. The van der Waals surface area contributed by atoms with Crippen LogP contribution in [0.2, 0.25) is 5.02 Å². The molecule has 2 atom stereocenters. The van der Waals surface area contributed by atoms with Crippen LogP contribution in [-0.2, 0) is 14.4 Å². The predicted octanol–water partition coefficient (Wildman–Crippen LogP) is 2.91. The zero-order valence-electron chi connectivity index (χ0n) is 16.0. The molecule has 0 spiro atoms. The van der Waals surface area contributed by atoms with E-state index >= 15 is 0 Å². The number of nitrogens with zero attached hydrogens (tertiary/aromatic N) is 1. The number of hydrogen-bond donors (Lipinski definition) is 2. The minimum atomic E-state index is -0.900. The van der Waals surface area contributed by atoms with Crippen LogP contribution < -0.4 is 5.32 Å². The summed E-state index contributed by atoms with van der Waals surface area (Å²) >= 11 is 5.91. The van der Waals surface area contributed by atoms with Crippen molar-refractivity contribution in [1.29, 1.82) is 0 Å².